The van der Waals surface area contributed by atoms with Gasteiger partial charge < -0.3 is 5.11 Å². The van der Waals surface area contributed by atoms with E-state index in [-0.39, 0.29) is 0 Å². The lowest BCUT2D eigenvalue weighted by Crippen LogP contribution is -1.97. The number of allylic oxidation sites excluding steroid dienone is 2. The Kier molecular flexibility index (Phi) is 5.38. The fraction of sp³-hybridized carbons (Fsp3) is 0.286. The summed E-state index contributed by atoms with van der Waals surface area (Å²) < 4.78 is 0. The van der Waals surface area contributed by atoms with E-state index in [1.54, 1.807) is 12.1 Å². The lowest BCUT2D eigenvalue weighted by Gasteiger charge is -2.12. The van der Waals surface area contributed by atoms with Gasteiger partial charge in [-0.1, -0.05) is 42.8 Å². The Bertz CT molecular complexity index is 737. The van der Waals surface area contributed by atoms with Gasteiger partial charge in [-0.05, 0) is 73.6 Å². The highest BCUT2D eigenvalue weighted by Crippen LogP contribution is 2.25. The van der Waals surface area contributed by atoms with Gasteiger partial charge >= 0.3 is 5.97 Å². The summed E-state index contributed by atoms with van der Waals surface area (Å²) in [5.41, 5.74) is 8.07. The van der Waals surface area contributed by atoms with E-state index in [4.69, 9.17) is 5.11 Å². The third-order valence-electron chi connectivity index (χ3n) is 4.49. The van der Waals surface area contributed by atoms with Crippen molar-refractivity contribution < 1.29 is 9.90 Å². The molecule has 0 fully saturated rings. The van der Waals surface area contributed by atoms with Crippen LogP contribution >= 0.6 is 0 Å². The molecule has 1 N–H and O–H groups in total. The fourth-order valence-corrected chi connectivity index (χ4v) is 2.68. The first-order valence-electron chi connectivity index (χ1n) is 8.00. The summed E-state index contributed by atoms with van der Waals surface area (Å²) in [6.07, 6.45) is 1.87. The van der Waals surface area contributed by atoms with E-state index in [1.807, 2.05) is 12.1 Å². The van der Waals surface area contributed by atoms with E-state index in [9.17, 15) is 4.79 Å². The van der Waals surface area contributed by atoms with Crippen LogP contribution in [0.3, 0.4) is 0 Å². The summed E-state index contributed by atoms with van der Waals surface area (Å²) in [7, 11) is 0. The summed E-state index contributed by atoms with van der Waals surface area (Å²) in [4.78, 5) is 10.9. The van der Waals surface area contributed by atoms with Gasteiger partial charge in [0.2, 0.25) is 0 Å². The molecule has 0 aromatic heterocycles. The third-order valence-corrected chi connectivity index (χ3v) is 4.49. The average Bonchev–Trinajstić information content (AvgIpc) is 2.55. The maximum Gasteiger partial charge on any atom is 0.335 e. The molecule has 2 nitrogen and oxygen atoms in total. The van der Waals surface area contributed by atoms with Crippen LogP contribution in [0.15, 0.2) is 48.0 Å². The second kappa shape index (κ2) is 7.28. The number of hydrogen-bond donors (Lipinski definition) is 1. The van der Waals surface area contributed by atoms with Crippen molar-refractivity contribution in [3.8, 4) is 0 Å². The van der Waals surface area contributed by atoms with Crippen LogP contribution in [0.1, 0.15) is 59.8 Å². The quantitative estimate of drug-likeness (QED) is 0.793. The topological polar surface area (TPSA) is 37.3 Å². The predicted octanol–water partition coefficient (Wildman–Crippen LogP) is 5.49. The molecular weight excluding hydrogens is 284 g/mol. The first kappa shape index (κ1) is 17.0. The van der Waals surface area contributed by atoms with E-state index in [2.05, 4.69) is 45.9 Å². The number of carboxylic acids is 1. The summed E-state index contributed by atoms with van der Waals surface area (Å²) in [5.74, 6) is -0.884. The fourth-order valence-electron chi connectivity index (χ4n) is 2.68. The molecule has 0 aliphatic carbocycles. The van der Waals surface area contributed by atoms with Crippen LogP contribution < -0.4 is 0 Å². The molecule has 0 aliphatic rings. The highest BCUT2D eigenvalue weighted by Gasteiger charge is 2.07. The first-order chi connectivity index (χ1) is 10.9. The molecule has 23 heavy (non-hydrogen) atoms. The van der Waals surface area contributed by atoms with Crippen molar-refractivity contribution in [2.45, 2.75) is 40.5 Å². The van der Waals surface area contributed by atoms with E-state index in [0.29, 0.717) is 5.56 Å². The SMILES string of the molecule is CC/C(C)=C(/C)c1cc(Cc2ccc(C(=O)O)cc2)ccc1C. The van der Waals surface area contributed by atoms with Crippen LogP contribution in [-0.4, -0.2) is 11.1 Å². The number of aryl methyl sites for hydroxylation is 1. The molecule has 0 amide bonds. The minimum absolute atomic E-state index is 0.329. The van der Waals surface area contributed by atoms with Crippen molar-refractivity contribution in [1.29, 1.82) is 0 Å². The molecule has 0 aliphatic heterocycles. The van der Waals surface area contributed by atoms with Gasteiger partial charge in [-0.15, -0.1) is 0 Å². The molecule has 0 atom stereocenters. The average molecular weight is 308 g/mol. The number of carbonyl (C=O) groups is 1. The molecule has 0 saturated heterocycles. The zero-order valence-electron chi connectivity index (χ0n) is 14.3. The molecule has 0 heterocycles. The van der Waals surface area contributed by atoms with Gasteiger partial charge in [0.1, 0.15) is 0 Å². The molecule has 0 unspecified atom stereocenters. The summed E-state index contributed by atoms with van der Waals surface area (Å²) in [6.45, 7) is 8.70. The number of hydrogen-bond acceptors (Lipinski definition) is 1. The highest BCUT2D eigenvalue weighted by atomic mass is 16.4. The van der Waals surface area contributed by atoms with Gasteiger partial charge in [-0.2, -0.15) is 0 Å². The smallest absolute Gasteiger partial charge is 0.335 e. The zero-order chi connectivity index (χ0) is 17.0. The van der Waals surface area contributed by atoms with Crippen LogP contribution in [0.4, 0.5) is 0 Å². The highest BCUT2D eigenvalue weighted by molar-refractivity contribution is 5.87. The van der Waals surface area contributed by atoms with Gasteiger partial charge in [0.25, 0.3) is 0 Å². The Morgan fingerprint density at radius 3 is 2.17 bits per heavy atom. The zero-order valence-corrected chi connectivity index (χ0v) is 14.3. The normalized spacial score (nSPS) is 12.0. The largest absolute Gasteiger partial charge is 0.478 e. The molecule has 0 bridgehead atoms. The summed E-state index contributed by atoms with van der Waals surface area (Å²) in [5, 5.41) is 8.96. The Hall–Kier alpha value is -2.35. The van der Waals surface area contributed by atoms with Gasteiger partial charge in [-0.3, -0.25) is 0 Å². The third kappa shape index (κ3) is 4.10. The predicted molar refractivity (Wildman–Crippen MR) is 95.9 cm³/mol. The second-order valence-corrected chi connectivity index (χ2v) is 6.09. The minimum Gasteiger partial charge on any atom is -0.478 e. The van der Waals surface area contributed by atoms with Crippen LogP contribution in [0, 0.1) is 6.92 Å². The Balaban J connectivity index is 2.29. The summed E-state index contributed by atoms with van der Waals surface area (Å²) in [6, 6.07) is 13.7. The van der Waals surface area contributed by atoms with E-state index in [0.717, 1.165) is 18.4 Å². The minimum atomic E-state index is -0.884. The monoisotopic (exact) mass is 308 g/mol. The van der Waals surface area contributed by atoms with Crippen molar-refractivity contribution in [2.24, 2.45) is 0 Å². The van der Waals surface area contributed by atoms with Crippen molar-refractivity contribution in [2.75, 3.05) is 0 Å². The van der Waals surface area contributed by atoms with E-state index < -0.39 is 5.97 Å². The molecule has 2 aromatic carbocycles. The van der Waals surface area contributed by atoms with Crippen molar-refractivity contribution in [3.05, 3.63) is 75.9 Å². The maximum atomic E-state index is 10.9. The number of aromatic carboxylic acids is 1. The Morgan fingerprint density at radius 2 is 1.61 bits per heavy atom. The molecule has 0 spiro atoms. The van der Waals surface area contributed by atoms with Crippen LogP contribution in [-0.2, 0) is 6.42 Å². The summed E-state index contributed by atoms with van der Waals surface area (Å²) >= 11 is 0. The number of carboxylic acid groups (broad SMARTS) is 1. The Labute approximate surface area is 138 Å². The second-order valence-electron chi connectivity index (χ2n) is 6.09. The lowest BCUT2D eigenvalue weighted by molar-refractivity contribution is 0.0697. The van der Waals surface area contributed by atoms with E-state index >= 15 is 0 Å². The molecule has 120 valence electrons. The van der Waals surface area contributed by atoms with Crippen molar-refractivity contribution >= 4 is 11.5 Å². The Morgan fingerprint density at radius 1 is 1.00 bits per heavy atom. The molecule has 2 aromatic rings. The van der Waals surface area contributed by atoms with Crippen LogP contribution in [0.2, 0.25) is 0 Å². The number of benzene rings is 2. The molecule has 0 saturated carbocycles. The van der Waals surface area contributed by atoms with Crippen LogP contribution in [0.25, 0.3) is 5.57 Å². The first-order valence-corrected chi connectivity index (χ1v) is 8.00. The standard InChI is InChI=1S/C21H24O2/c1-5-14(2)16(4)20-13-18(7-6-15(20)3)12-17-8-10-19(11-9-17)21(22)23/h6-11,13H,5,12H2,1-4H3,(H,22,23)/b16-14-. The van der Waals surface area contributed by atoms with Crippen LogP contribution in [0.5, 0.6) is 0 Å². The molecule has 2 rings (SSSR count). The molecule has 2 heteroatoms. The van der Waals surface area contributed by atoms with Gasteiger partial charge in [0.15, 0.2) is 0 Å². The molecular formula is C21H24O2. The molecule has 0 radical (unpaired) electrons. The van der Waals surface area contributed by atoms with Gasteiger partial charge in [0, 0.05) is 0 Å². The van der Waals surface area contributed by atoms with Gasteiger partial charge in [0.05, 0.1) is 5.56 Å². The van der Waals surface area contributed by atoms with E-state index in [1.165, 1.54) is 27.8 Å². The van der Waals surface area contributed by atoms with Crippen molar-refractivity contribution in [3.63, 3.8) is 0 Å². The van der Waals surface area contributed by atoms with Gasteiger partial charge in [-0.25, -0.2) is 4.79 Å². The van der Waals surface area contributed by atoms with Crippen molar-refractivity contribution in [1.82, 2.24) is 0 Å². The number of rotatable bonds is 5. The lowest BCUT2D eigenvalue weighted by atomic mass is 9.93. The maximum absolute atomic E-state index is 10.9.